The van der Waals surface area contributed by atoms with Gasteiger partial charge in [-0.25, -0.2) is 4.98 Å². The lowest BCUT2D eigenvalue weighted by molar-refractivity contribution is 0.0926. The summed E-state index contributed by atoms with van der Waals surface area (Å²) in [4.78, 5) is 29.1. The van der Waals surface area contributed by atoms with Crippen LogP contribution in [-0.4, -0.2) is 22.4 Å². The molecule has 0 aromatic carbocycles. The second-order valence-corrected chi connectivity index (χ2v) is 4.93. The van der Waals surface area contributed by atoms with Crippen LogP contribution in [-0.2, 0) is 0 Å². The molecule has 1 aromatic rings. The second kappa shape index (κ2) is 5.65. The Morgan fingerprint density at radius 2 is 2.21 bits per heavy atom. The number of carbonyl (C=O) groups excluding carboxylic acids is 1. The highest BCUT2D eigenvalue weighted by Gasteiger charge is 2.32. The zero-order valence-corrected chi connectivity index (χ0v) is 10.6. The number of H-pyrrole nitrogens is 1. The van der Waals surface area contributed by atoms with E-state index in [9.17, 15) is 14.9 Å². The van der Waals surface area contributed by atoms with Crippen molar-refractivity contribution in [1.29, 1.82) is 5.26 Å². The Morgan fingerprint density at radius 1 is 1.47 bits per heavy atom. The summed E-state index contributed by atoms with van der Waals surface area (Å²) in [5.74, 6) is -0.411. The van der Waals surface area contributed by atoms with Crippen LogP contribution in [0.4, 0.5) is 0 Å². The molecule has 1 saturated carbocycles. The van der Waals surface area contributed by atoms with Crippen molar-refractivity contribution in [2.45, 2.75) is 32.1 Å². The highest BCUT2D eigenvalue weighted by Crippen LogP contribution is 2.34. The minimum absolute atomic E-state index is 0.0765. The van der Waals surface area contributed by atoms with Gasteiger partial charge in [-0.15, -0.1) is 0 Å². The minimum Gasteiger partial charge on any atom is -0.349 e. The summed E-state index contributed by atoms with van der Waals surface area (Å²) in [5.41, 5.74) is -0.754. The molecule has 1 aromatic heterocycles. The fourth-order valence-corrected chi connectivity index (χ4v) is 2.39. The average Bonchev–Trinajstić information content (AvgIpc) is 2.46. The number of amides is 1. The smallest absolute Gasteiger partial charge is 0.270 e. The maximum absolute atomic E-state index is 11.9. The summed E-state index contributed by atoms with van der Waals surface area (Å²) in [6, 6.07) is 3.48. The molecule has 6 heteroatoms. The summed E-state index contributed by atoms with van der Waals surface area (Å²) in [6.45, 7) is 0.316. The molecule has 0 unspecified atom stereocenters. The number of carbonyl (C=O) groups is 1. The molecule has 0 saturated heterocycles. The number of aromatic nitrogens is 2. The maximum Gasteiger partial charge on any atom is 0.270 e. The van der Waals surface area contributed by atoms with Gasteiger partial charge >= 0.3 is 0 Å². The van der Waals surface area contributed by atoms with Crippen LogP contribution in [0.15, 0.2) is 17.2 Å². The molecule has 0 radical (unpaired) electrons. The van der Waals surface area contributed by atoms with E-state index >= 15 is 0 Å². The standard InChI is InChI=1S/C13H16N4O2/c14-7-13(4-2-1-3-5-13)8-15-12(19)10-6-11(18)17-9-16-10/h6,9H,1-5,8H2,(H,15,19)(H,16,17,18). The number of aromatic amines is 1. The predicted octanol–water partition coefficient (Wildman–Crippen LogP) is 0.974. The molecule has 0 aliphatic heterocycles. The average molecular weight is 260 g/mol. The molecule has 1 amide bonds. The number of nitrogens with zero attached hydrogens (tertiary/aromatic N) is 2. The van der Waals surface area contributed by atoms with E-state index in [0.29, 0.717) is 6.54 Å². The first-order chi connectivity index (χ1) is 9.15. The quantitative estimate of drug-likeness (QED) is 0.846. The lowest BCUT2D eigenvalue weighted by Gasteiger charge is -2.30. The van der Waals surface area contributed by atoms with Gasteiger partial charge in [-0.1, -0.05) is 19.3 Å². The molecule has 0 spiro atoms. The van der Waals surface area contributed by atoms with Gasteiger partial charge in [-0.3, -0.25) is 9.59 Å². The molecule has 1 fully saturated rings. The molecular formula is C13H16N4O2. The van der Waals surface area contributed by atoms with E-state index in [1.54, 1.807) is 0 Å². The van der Waals surface area contributed by atoms with Gasteiger partial charge in [0.1, 0.15) is 5.69 Å². The van der Waals surface area contributed by atoms with Gasteiger partial charge in [0.15, 0.2) is 0 Å². The minimum atomic E-state index is -0.463. The number of hydrogen-bond donors (Lipinski definition) is 2. The van der Waals surface area contributed by atoms with Crippen molar-refractivity contribution in [3.05, 3.63) is 28.4 Å². The Hall–Kier alpha value is -2.16. The van der Waals surface area contributed by atoms with Crippen LogP contribution in [0.2, 0.25) is 0 Å². The molecular weight excluding hydrogens is 244 g/mol. The van der Waals surface area contributed by atoms with Crippen LogP contribution in [0, 0.1) is 16.7 Å². The van der Waals surface area contributed by atoms with Crippen molar-refractivity contribution in [3.8, 4) is 6.07 Å². The summed E-state index contributed by atoms with van der Waals surface area (Å²) in [6.07, 6.45) is 6.00. The van der Waals surface area contributed by atoms with E-state index < -0.39 is 11.3 Å². The topological polar surface area (TPSA) is 98.6 Å². The number of nitrogens with one attached hydrogen (secondary N) is 2. The van der Waals surface area contributed by atoms with Gasteiger partial charge in [-0.2, -0.15) is 5.26 Å². The van der Waals surface area contributed by atoms with Gasteiger partial charge in [0.05, 0.1) is 17.8 Å². The first-order valence-electron chi connectivity index (χ1n) is 6.39. The highest BCUT2D eigenvalue weighted by molar-refractivity contribution is 5.92. The molecule has 2 rings (SSSR count). The lowest BCUT2D eigenvalue weighted by Crippen LogP contribution is -2.38. The maximum atomic E-state index is 11.9. The van der Waals surface area contributed by atoms with Crippen LogP contribution in [0.3, 0.4) is 0 Å². The SMILES string of the molecule is N#CC1(CNC(=O)c2cc(=O)[nH]cn2)CCCCC1. The number of rotatable bonds is 3. The van der Waals surface area contributed by atoms with Crippen molar-refractivity contribution >= 4 is 5.91 Å². The third-order valence-corrected chi connectivity index (χ3v) is 3.55. The molecule has 1 aliphatic carbocycles. The fourth-order valence-electron chi connectivity index (χ4n) is 2.39. The van der Waals surface area contributed by atoms with Crippen LogP contribution in [0.25, 0.3) is 0 Å². The van der Waals surface area contributed by atoms with Crippen LogP contribution in [0.1, 0.15) is 42.6 Å². The molecule has 6 nitrogen and oxygen atoms in total. The van der Waals surface area contributed by atoms with E-state index in [0.717, 1.165) is 38.2 Å². The van der Waals surface area contributed by atoms with Gasteiger partial charge in [0.2, 0.25) is 0 Å². The Labute approximate surface area is 110 Å². The molecule has 2 N–H and O–H groups in total. The van der Waals surface area contributed by atoms with Crippen LogP contribution >= 0.6 is 0 Å². The van der Waals surface area contributed by atoms with Gasteiger partial charge in [0.25, 0.3) is 11.5 Å². The molecule has 19 heavy (non-hydrogen) atoms. The molecule has 0 atom stereocenters. The summed E-state index contributed by atoms with van der Waals surface area (Å²) < 4.78 is 0. The van der Waals surface area contributed by atoms with E-state index in [2.05, 4.69) is 21.4 Å². The van der Waals surface area contributed by atoms with E-state index in [1.165, 1.54) is 6.33 Å². The zero-order valence-electron chi connectivity index (χ0n) is 10.6. The van der Waals surface area contributed by atoms with E-state index in [1.807, 2.05) is 0 Å². The molecule has 100 valence electrons. The third-order valence-electron chi connectivity index (χ3n) is 3.55. The van der Waals surface area contributed by atoms with Crippen molar-refractivity contribution in [2.75, 3.05) is 6.54 Å². The van der Waals surface area contributed by atoms with E-state index in [-0.39, 0.29) is 11.3 Å². The zero-order chi connectivity index (χ0) is 13.7. The second-order valence-electron chi connectivity index (χ2n) is 4.93. The summed E-state index contributed by atoms with van der Waals surface area (Å²) in [5, 5.41) is 12.0. The predicted molar refractivity (Wildman–Crippen MR) is 68.3 cm³/mol. The first-order valence-corrected chi connectivity index (χ1v) is 6.39. The lowest BCUT2D eigenvalue weighted by atomic mass is 9.75. The van der Waals surface area contributed by atoms with Gasteiger partial charge < -0.3 is 10.3 Å². The molecule has 0 bridgehead atoms. The summed E-state index contributed by atoms with van der Waals surface area (Å²) >= 11 is 0. The van der Waals surface area contributed by atoms with Crippen molar-refractivity contribution in [1.82, 2.24) is 15.3 Å². The third kappa shape index (κ3) is 3.19. The van der Waals surface area contributed by atoms with Crippen LogP contribution in [0.5, 0.6) is 0 Å². The molecule has 1 aliphatic rings. The van der Waals surface area contributed by atoms with Crippen molar-refractivity contribution in [2.24, 2.45) is 5.41 Å². The van der Waals surface area contributed by atoms with Gasteiger partial charge in [-0.05, 0) is 12.8 Å². The Kier molecular flexibility index (Phi) is 3.95. The summed E-state index contributed by atoms with van der Waals surface area (Å²) in [7, 11) is 0. The van der Waals surface area contributed by atoms with Crippen molar-refractivity contribution in [3.63, 3.8) is 0 Å². The Bertz CT molecular complexity index is 552. The van der Waals surface area contributed by atoms with Gasteiger partial charge in [0, 0.05) is 12.6 Å². The van der Waals surface area contributed by atoms with Crippen LogP contribution < -0.4 is 10.9 Å². The fraction of sp³-hybridized carbons (Fsp3) is 0.538. The Morgan fingerprint density at radius 3 is 2.84 bits per heavy atom. The highest BCUT2D eigenvalue weighted by atomic mass is 16.2. The first kappa shape index (κ1) is 13.3. The van der Waals surface area contributed by atoms with Crippen molar-refractivity contribution < 1.29 is 4.79 Å². The molecule has 1 heterocycles. The number of hydrogen-bond acceptors (Lipinski definition) is 4. The monoisotopic (exact) mass is 260 g/mol. The Balaban J connectivity index is 2.00. The number of nitriles is 1. The largest absolute Gasteiger partial charge is 0.349 e. The van der Waals surface area contributed by atoms with E-state index in [4.69, 9.17) is 0 Å². The normalized spacial score (nSPS) is 17.4.